The first-order valence-corrected chi connectivity index (χ1v) is 8.64. The molecule has 136 valence electrons. The summed E-state index contributed by atoms with van der Waals surface area (Å²) in [5, 5.41) is 1.08. The average molecular weight is 401 g/mol. The highest BCUT2D eigenvalue weighted by atomic mass is 35.5. The first-order valence-electron chi connectivity index (χ1n) is 7.88. The van der Waals surface area contributed by atoms with Gasteiger partial charge in [-0.15, -0.1) is 0 Å². The van der Waals surface area contributed by atoms with Crippen LogP contribution in [0.1, 0.15) is 20.7 Å². The predicted octanol–water partition coefficient (Wildman–Crippen LogP) is 4.73. The molecule has 0 aliphatic carbocycles. The van der Waals surface area contributed by atoms with Crippen molar-refractivity contribution in [3.05, 3.63) is 93.4 Å². The van der Waals surface area contributed by atoms with Crippen LogP contribution in [0.4, 0.5) is 0 Å². The van der Waals surface area contributed by atoms with Crippen LogP contribution in [0.2, 0.25) is 10.0 Å². The van der Waals surface area contributed by atoms with E-state index in [2.05, 4.69) is 4.99 Å². The number of nitrogens with zero attached hydrogens (tertiary/aromatic N) is 2. The van der Waals surface area contributed by atoms with E-state index < -0.39 is 0 Å². The van der Waals surface area contributed by atoms with Crippen molar-refractivity contribution in [3.8, 4) is 0 Å². The zero-order chi connectivity index (χ0) is 19.4. The Balaban J connectivity index is 1.82. The molecule has 0 saturated carbocycles. The van der Waals surface area contributed by atoms with Crippen molar-refractivity contribution in [2.45, 2.75) is 0 Å². The summed E-state index contributed by atoms with van der Waals surface area (Å²) in [4.78, 5) is 30.4. The second-order valence-corrected chi connectivity index (χ2v) is 6.43. The number of allylic oxidation sites excluding steroid dienone is 2. The van der Waals surface area contributed by atoms with Gasteiger partial charge in [-0.1, -0.05) is 23.2 Å². The molecule has 0 spiro atoms. The molecule has 1 aliphatic rings. The maximum Gasteiger partial charge on any atom is 0.265 e. The first-order chi connectivity index (χ1) is 13.0. The molecule has 5 nitrogen and oxygen atoms in total. The van der Waals surface area contributed by atoms with Crippen LogP contribution >= 0.6 is 23.2 Å². The fourth-order valence-corrected chi connectivity index (χ4v) is 2.62. The van der Waals surface area contributed by atoms with Crippen molar-refractivity contribution in [1.29, 1.82) is 0 Å². The van der Waals surface area contributed by atoms with E-state index in [1.165, 1.54) is 30.5 Å². The normalized spacial score (nSPS) is 14.9. The van der Waals surface area contributed by atoms with Crippen molar-refractivity contribution in [2.75, 3.05) is 7.11 Å². The van der Waals surface area contributed by atoms with Crippen molar-refractivity contribution < 1.29 is 14.3 Å². The molecule has 1 heterocycles. The summed E-state index contributed by atoms with van der Waals surface area (Å²) in [6.45, 7) is 0. The molecule has 2 aromatic rings. The Kier molecular flexibility index (Phi) is 5.74. The highest BCUT2D eigenvalue weighted by Gasteiger charge is 2.22. The fourth-order valence-electron chi connectivity index (χ4n) is 2.37. The Morgan fingerprint density at radius 1 is 0.963 bits per heavy atom. The van der Waals surface area contributed by atoms with Crippen LogP contribution < -0.4 is 0 Å². The third-order valence-corrected chi connectivity index (χ3v) is 4.26. The number of carbonyl (C=O) groups is 2. The molecule has 7 heteroatoms. The Labute approximate surface area is 166 Å². The van der Waals surface area contributed by atoms with Crippen LogP contribution in [0.3, 0.4) is 0 Å². The summed E-state index contributed by atoms with van der Waals surface area (Å²) in [5.41, 5.74) is 1.28. The van der Waals surface area contributed by atoms with E-state index in [4.69, 9.17) is 27.9 Å². The smallest absolute Gasteiger partial charge is 0.265 e. The number of benzene rings is 2. The number of rotatable bonds is 4. The predicted molar refractivity (Wildman–Crippen MR) is 105 cm³/mol. The topological polar surface area (TPSA) is 59.0 Å². The van der Waals surface area contributed by atoms with Crippen molar-refractivity contribution in [2.24, 2.45) is 4.99 Å². The minimum absolute atomic E-state index is 0.233. The first kappa shape index (κ1) is 18.9. The van der Waals surface area contributed by atoms with E-state index in [9.17, 15) is 9.59 Å². The van der Waals surface area contributed by atoms with Gasteiger partial charge < -0.3 is 4.74 Å². The maximum absolute atomic E-state index is 12.6. The summed E-state index contributed by atoms with van der Waals surface area (Å²) >= 11 is 11.7. The van der Waals surface area contributed by atoms with Gasteiger partial charge in [-0.25, -0.2) is 9.89 Å². The summed E-state index contributed by atoms with van der Waals surface area (Å²) in [5.74, 6) is -0.310. The quantitative estimate of drug-likeness (QED) is 0.550. The molecule has 0 aromatic heterocycles. The molecule has 0 unspecified atom stereocenters. The van der Waals surface area contributed by atoms with E-state index in [0.717, 1.165) is 0 Å². The molecule has 3 rings (SSSR count). The standard InChI is InChI=1S/C20H14Cl2N2O3/c1-27-19-11-17(10-18(25)13-2-6-15(21)7-3-13)23-12-24(19)20(26)14-4-8-16(22)9-5-14/h2-12H,1H3. The van der Waals surface area contributed by atoms with Gasteiger partial charge >= 0.3 is 0 Å². The molecule has 2 aromatic carbocycles. The number of carbonyl (C=O) groups excluding carboxylic acids is 2. The zero-order valence-electron chi connectivity index (χ0n) is 14.2. The van der Waals surface area contributed by atoms with Crippen LogP contribution in [0, 0.1) is 0 Å². The third kappa shape index (κ3) is 4.45. The maximum atomic E-state index is 12.6. The second-order valence-electron chi connectivity index (χ2n) is 5.55. The van der Waals surface area contributed by atoms with Gasteiger partial charge in [0.05, 0.1) is 12.8 Å². The van der Waals surface area contributed by atoms with Gasteiger partial charge in [0.15, 0.2) is 5.78 Å². The van der Waals surface area contributed by atoms with Gasteiger partial charge in [0.1, 0.15) is 6.34 Å². The Morgan fingerprint density at radius 3 is 2.07 bits per heavy atom. The molecule has 0 saturated heterocycles. The number of aliphatic imine (C=N–C) groups is 1. The van der Waals surface area contributed by atoms with Crippen LogP contribution in [0.15, 0.2) is 77.3 Å². The lowest BCUT2D eigenvalue weighted by atomic mass is 10.1. The molecule has 0 fully saturated rings. The lowest BCUT2D eigenvalue weighted by molar-refractivity contribution is 0.0806. The lowest BCUT2D eigenvalue weighted by Gasteiger charge is -2.22. The summed E-state index contributed by atoms with van der Waals surface area (Å²) < 4.78 is 5.28. The minimum atomic E-state index is -0.327. The van der Waals surface area contributed by atoms with E-state index in [0.29, 0.717) is 26.9 Å². The van der Waals surface area contributed by atoms with Crippen molar-refractivity contribution in [3.63, 3.8) is 0 Å². The zero-order valence-corrected chi connectivity index (χ0v) is 15.7. The molecular formula is C20H14Cl2N2O3. The number of ketones is 1. The van der Waals surface area contributed by atoms with E-state index in [1.807, 2.05) is 0 Å². The fraction of sp³-hybridized carbons (Fsp3) is 0.0500. The third-order valence-electron chi connectivity index (χ3n) is 3.76. The SMILES string of the molecule is COC1=CC(=CC(=O)c2ccc(Cl)cc2)N=CN1C(=O)c1ccc(Cl)cc1. The summed E-state index contributed by atoms with van der Waals surface area (Å²) in [6.07, 6.45) is 4.20. The minimum Gasteiger partial charge on any atom is -0.482 e. The Hall–Kier alpha value is -2.89. The monoisotopic (exact) mass is 400 g/mol. The van der Waals surface area contributed by atoms with E-state index in [1.54, 1.807) is 48.5 Å². The number of halogens is 2. The number of hydrogen-bond donors (Lipinski definition) is 0. The molecule has 1 aliphatic heterocycles. The Bertz CT molecular complexity index is 962. The number of hydrogen-bond acceptors (Lipinski definition) is 4. The van der Waals surface area contributed by atoms with Crippen LogP contribution in [-0.2, 0) is 4.74 Å². The number of ether oxygens (including phenoxy) is 1. The van der Waals surface area contributed by atoms with Crippen LogP contribution in [0.25, 0.3) is 0 Å². The van der Waals surface area contributed by atoms with Crippen molar-refractivity contribution >= 4 is 41.2 Å². The van der Waals surface area contributed by atoms with Gasteiger partial charge in [0.25, 0.3) is 5.91 Å². The highest BCUT2D eigenvalue weighted by molar-refractivity contribution is 6.31. The van der Waals surface area contributed by atoms with Crippen molar-refractivity contribution in [1.82, 2.24) is 4.90 Å². The molecule has 27 heavy (non-hydrogen) atoms. The molecule has 0 N–H and O–H groups in total. The largest absolute Gasteiger partial charge is 0.482 e. The molecule has 0 radical (unpaired) electrons. The van der Waals surface area contributed by atoms with Gasteiger partial charge in [0.2, 0.25) is 5.88 Å². The molecule has 0 atom stereocenters. The van der Waals surface area contributed by atoms with Gasteiger partial charge in [-0.3, -0.25) is 9.59 Å². The summed E-state index contributed by atoms with van der Waals surface area (Å²) in [6, 6.07) is 13.0. The van der Waals surface area contributed by atoms with Gasteiger partial charge in [-0.05, 0) is 48.5 Å². The van der Waals surface area contributed by atoms with E-state index in [-0.39, 0.29) is 17.6 Å². The average Bonchev–Trinajstić information content (AvgIpc) is 2.68. The molecular weight excluding hydrogens is 387 g/mol. The molecule has 1 amide bonds. The highest BCUT2D eigenvalue weighted by Crippen LogP contribution is 2.20. The lowest BCUT2D eigenvalue weighted by Crippen LogP contribution is -2.31. The number of methoxy groups -OCH3 is 1. The van der Waals surface area contributed by atoms with Crippen LogP contribution in [-0.4, -0.2) is 30.0 Å². The van der Waals surface area contributed by atoms with Crippen LogP contribution in [0.5, 0.6) is 0 Å². The van der Waals surface area contributed by atoms with E-state index >= 15 is 0 Å². The second kappa shape index (κ2) is 8.20. The number of amides is 1. The summed E-state index contributed by atoms with van der Waals surface area (Å²) in [7, 11) is 1.44. The van der Waals surface area contributed by atoms with Gasteiger partial charge in [0, 0.05) is 33.3 Å². The molecule has 0 bridgehead atoms. The Morgan fingerprint density at radius 2 is 1.52 bits per heavy atom. The van der Waals surface area contributed by atoms with Gasteiger partial charge in [-0.2, -0.15) is 0 Å².